The van der Waals surface area contributed by atoms with E-state index in [0.717, 1.165) is 5.52 Å². The van der Waals surface area contributed by atoms with E-state index in [-0.39, 0.29) is 11.9 Å². The van der Waals surface area contributed by atoms with Crippen LogP contribution in [0.5, 0.6) is 0 Å². The zero-order valence-electron chi connectivity index (χ0n) is 9.61. The van der Waals surface area contributed by atoms with Gasteiger partial charge in [-0.05, 0) is 18.6 Å². The summed E-state index contributed by atoms with van der Waals surface area (Å²) in [5.74, 6) is -1.53. The first kappa shape index (κ1) is 11.2. The molecular weight excluding hydrogens is 235 g/mol. The van der Waals surface area contributed by atoms with Crippen LogP contribution in [0, 0.1) is 11.7 Å². The summed E-state index contributed by atoms with van der Waals surface area (Å²) in [7, 11) is 0. The van der Waals surface area contributed by atoms with Gasteiger partial charge in [0, 0.05) is 35.2 Å². The first-order valence-electron chi connectivity index (χ1n) is 5.88. The predicted molar refractivity (Wildman–Crippen MR) is 64.7 cm³/mol. The molecule has 4 nitrogen and oxygen atoms in total. The number of aromatic nitrogens is 1. The molecule has 0 bridgehead atoms. The van der Waals surface area contributed by atoms with Crippen LogP contribution in [0.15, 0.2) is 24.4 Å². The number of carboxylic acid groups (broad SMARTS) is 1. The molecule has 18 heavy (non-hydrogen) atoms. The van der Waals surface area contributed by atoms with Gasteiger partial charge < -0.3 is 15.4 Å². The van der Waals surface area contributed by atoms with Crippen molar-refractivity contribution in [1.82, 2.24) is 10.3 Å². The second-order valence-electron chi connectivity index (χ2n) is 4.64. The SMILES string of the molecule is O=C(O)C1CNC(c2ccc3[nH]ccc3c2F)C1. The Balaban J connectivity index is 1.95. The Morgan fingerprint density at radius 3 is 2.94 bits per heavy atom. The van der Waals surface area contributed by atoms with Crippen LogP contribution in [0.2, 0.25) is 0 Å². The number of benzene rings is 1. The largest absolute Gasteiger partial charge is 0.481 e. The zero-order chi connectivity index (χ0) is 12.7. The number of aliphatic carboxylic acids is 1. The highest BCUT2D eigenvalue weighted by molar-refractivity contribution is 5.81. The highest BCUT2D eigenvalue weighted by atomic mass is 19.1. The zero-order valence-corrected chi connectivity index (χ0v) is 9.61. The highest BCUT2D eigenvalue weighted by Gasteiger charge is 2.31. The van der Waals surface area contributed by atoms with Crippen molar-refractivity contribution in [3.63, 3.8) is 0 Å². The van der Waals surface area contributed by atoms with Gasteiger partial charge in [-0.15, -0.1) is 0 Å². The van der Waals surface area contributed by atoms with E-state index in [1.165, 1.54) is 0 Å². The van der Waals surface area contributed by atoms with Crippen LogP contribution in [0.3, 0.4) is 0 Å². The monoisotopic (exact) mass is 248 g/mol. The van der Waals surface area contributed by atoms with Gasteiger partial charge in [0.05, 0.1) is 5.92 Å². The number of H-pyrrole nitrogens is 1. The summed E-state index contributed by atoms with van der Waals surface area (Å²) < 4.78 is 14.3. The summed E-state index contributed by atoms with van der Waals surface area (Å²) >= 11 is 0. The fraction of sp³-hybridized carbons (Fsp3) is 0.308. The van der Waals surface area contributed by atoms with E-state index in [1.54, 1.807) is 18.3 Å². The van der Waals surface area contributed by atoms with Crippen LogP contribution in [0.25, 0.3) is 10.9 Å². The lowest BCUT2D eigenvalue weighted by Crippen LogP contribution is -2.17. The number of fused-ring (bicyclic) bond motifs is 1. The van der Waals surface area contributed by atoms with Crippen LogP contribution in [0.1, 0.15) is 18.0 Å². The Labute approximate surface area is 103 Å². The minimum Gasteiger partial charge on any atom is -0.481 e. The normalized spacial score (nSPS) is 23.6. The fourth-order valence-electron chi connectivity index (χ4n) is 2.54. The van der Waals surface area contributed by atoms with E-state index in [4.69, 9.17) is 5.11 Å². The molecule has 1 saturated heterocycles. The number of nitrogens with one attached hydrogen (secondary N) is 2. The molecule has 2 heterocycles. The summed E-state index contributed by atoms with van der Waals surface area (Å²) in [4.78, 5) is 13.8. The lowest BCUT2D eigenvalue weighted by Gasteiger charge is -2.12. The fourth-order valence-corrected chi connectivity index (χ4v) is 2.54. The van der Waals surface area contributed by atoms with Gasteiger partial charge in [0.15, 0.2) is 0 Å². The Morgan fingerprint density at radius 2 is 2.22 bits per heavy atom. The molecule has 2 atom stereocenters. The molecule has 94 valence electrons. The lowest BCUT2D eigenvalue weighted by molar-refractivity contribution is -0.141. The third-order valence-electron chi connectivity index (χ3n) is 3.55. The quantitative estimate of drug-likeness (QED) is 0.762. The van der Waals surface area contributed by atoms with Crippen molar-refractivity contribution >= 4 is 16.9 Å². The van der Waals surface area contributed by atoms with Gasteiger partial charge in [-0.2, -0.15) is 0 Å². The number of carbonyl (C=O) groups is 1. The van der Waals surface area contributed by atoms with Crippen LogP contribution >= 0.6 is 0 Å². The van der Waals surface area contributed by atoms with Crippen LogP contribution < -0.4 is 5.32 Å². The molecule has 0 spiro atoms. The summed E-state index contributed by atoms with van der Waals surface area (Å²) in [6.45, 7) is 0.393. The summed E-state index contributed by atoms with van der Waals surface area (Å²) in [6, 6.07) is 5.02. The molecule has 1 aromatic carbocycles. The number of hydrogen-bond donors (Lipinski definition) is 3. The van der Waals surface area contributed by atoms with Gasteiger partial charge in [0.25, 0.3) is 0 Å². The summed E-state index contributed by atoms with van der Waals surface area (Å²) in [6.07, 6.45) is 2.13. The van der Waals surface area contributed by atoms with Crippen molar-refractivity contribution in [2.75, 3.05) is 6.54 Å². The number of rotatable bonds is 2. The molecule has 1 aromatic heterocycles. The van der Waals surface area contributed by atoms with Gasteiger partial charge in [0.1, 0.15) is 5.82 Å². The van der Waals surface area contributed by atoms with Gasteiger partial charge in [-0.1, -0.05) is 6.07 Å². The van der Waals surface area contributed by atoms with Crippen molar-refractivity contribution < 1.29 is 14.3 Å². The Hall–Kier alpha value is -1.88. The molecule has 2 aromatic rings. The molecule has 3 rings (SSSR count). The van der Waals surface area contributed by atoms with Crippen molar-refractivity contribution in [2.24, 2.45) is 5.92 Å². The van der Waals surface area contributed by atoms with E-state index in [0.29, 0.717) is 23.9 Å². The smallest absolute Gasteiger partial charge is 0.307 e. The minimum absolute atomic E-state index is 0.217. The van der Waals surface area contributed by atoms with Crippen LogP contribution in [0.4, 0.5) is 4.39 Å². The van der Waals surface area contributed by atoms with Crippen LogP contribution in [-0.2, 0) is 4.79 Å². The predicted octanol–water partition coefficient (Wildman–Crippen LogP) is 2.04. The van der Waals surface area contributed by atoms with E-state index < -0.39 is 11.9 Å². The third kappa shape index (κ3) is 1.67. The maximum Gasteiger partial charge on any atom is 0.307 e. The summed E-state index contributed by atoms with van der Waals surface area (Å²) in [5, 5.41) is 12.6. The van der Waals surface area contributed by atoms with E-state index in [9.17, 15) is 9.18 Å². The van der Waals surface area contributed by atoms with E-state index in [2.05, 4.69) is 10.3 Å². The molecule has 0 saturated carbocycles. The molecule has 1 aliphatic rings. The maximum absolute atomic E-state index is 14.3. The lowest BCUT2D eigenvalue weighted by atomic mass is 9.98. The van der Waals surface area contributed by atoms with Crippen LogP contribution in [-0.4, -0.2) is 22.6 Å². The molecule has 2 unspecified atom stereocenters. The van der Waals surface area contributed by atoms with Crippen molar-refractivity contribution in [3.8, 4) is 0 Å². The first-order valence-corrected chi connectivity index (χ1v) is 5.88. The van der Waals surface area contributed by atoms with Gasteiger partial charge in [-0.3, -0.25) is 4.79 Å². The standard InChI is InChI=1S/C13H13FN2O2/c14-12-8(1-2-10-9(12)3-4-15-10)11-5-7(6-16-11)13(17)18/h1-4,7,11,15-16H,5-6H2,(H,17,18). The van der Waals surface area contributed by atoms with Crippen molar-refractivity contribution in [1.29, 1.82) is 0 Å². The van der Waals surface area contributed by atoms with Gasteiger partial charge >= 0.3 is 5.97 Å². The molecular formula is C13H13FN2O2. The second kappa shape index (κ2) is 4.10. The Kier molecular flexibility index (Phi) is 2.56. The minimum atomic E-state index is -0.826. The number of carboxylic acids is 1. The molecule has 1 fully saturated rings. The molecule has 3 N–H and O–H groups in total. The first-order chi connectivity index (χ1) is 8.66. The number of hydrogen-bond acceptors (Lipinski definition) is 2. The Bertz CT molecular complexity index is 608. The molecule has 1 aliphatic heterocycles. The molecule has 0 aliphatic carbocycles. The second-order valence-corrected chi connectivity index (χ2v) is 4.64. The van der Waals surface area contributed by atoms with E-state index >= 15 is 0 Å². The Morgan fingerprint density at radius 1 is 1.39 bits per heavy atom. The molecule has 0 amide bonds. The van der Waals surface area contributed by atoms with Gasteiger partial charge in [0.2, 0.25) is 0 Å². The molecule has 5 heteroatoms. The van der Waals surface area contributed by atoms with E-state index in [1.807, 2.05) is 6.07 Å². The average molecular weight is 248 g/mol. The topological polar surface area (TPSA) is 65.1 Å². The average Bonchev–Trinajstić information content (AvgIpc) is 2.97. The highest BCUT2D eigenvalue weighted by Crippen LogP contribution is 2.31. The maximum atomic E-state index is 14.3. The summed E-state index contributed by atoms with van der Waals surface area (Å²) in [5.41, 5.74) is 1.30. The van der Waals surface area contributed by atoms with Crippen molar-refractivity contribution in [2.45, 2.75) is 12.5 Å². The number of aromatic amines is 1. The van der Waals surface area contributed by atoms with Crippen molar-refractivity contribution in [3.05, 3.63) is 35.8 Å². The third-order valence-corrected chi connectivity index (χ3v) is 3.55. The number of halogens is 1. The van der Waals surface area contributed by atoms with Gasteiger partial charge in [-0.25, -0.2) is 4.39 Å². The molecule has 0 radical (unpaired) electrons.